The third-order valence-electron chi connectivity index (χ3n) is 4.42. The second-order valence-electron chi connectivity index (χ2n) is 6.43. The fraction of sp³-hybridized carbons (Fsp3) is 0.556. The number of carbonyl (C=O) groups excluding carboxylic acids is 2. The van der Waals surface area contributed by atoms with E-state index in [0.717, 1.165) is 19.3 Å². The van der Waals surface area contributed by atoms with E-state index in [1.54, 1.807) is 6.92 Å². The van der Waals surface area contributed by atoms with Crippen LogP contribution in [0.15, 0.2) is 23.1 Å². The quantitative estimate of drug-likeness (QED) is 0.614. The number of esters is 1. The highest BCUT2D eigenvalue weighted by Crippen LogP contribution is 2.29. The summed E-state index contributed by atoms with van der Waals surface area (Å²) >= 11 is 7.46. The first kappa shape index (κ1) is 23.0. The molecule has 0 spiro atoms. The molecule has 1 atom stereocenters. The Labute approximate surface area is 175 Å². The van der Waals surface area contributed by atoms with Crippen molar-refractivity contribution >= 4 is 50.9 Å². The highest BCUT2D eigenvalue weighted by molar-refractivity contribution is 8.00. The average molecular weight is 449 g/mol. The Balaban J connectivity index is 2.06. The highest BCUT2D eigenvalue weighted by Gasteiger charge is 2.27. The molecule has 0 radical (unpaired) electrons. The molecule has 0 aromatic heterocycles. The molecule has 1 heterocycles. The van der Waals surface area contributed by atoms with Crippen molar-refractivity contribution in [3.05, 3.63) is 23.2 Å². The molecule has 1 amide bonds. The van der Waals surface area contributed by atoms with Crippen LogP contribution in [0.1, 0.15) is 32.6 Å². The number of halogens is 1. The van der Waals surface area contributed by atoms with Gasteiger partial charge in [-0.25, -0.2) is 8.42 Å². The van der Waals surface area contributed by atoms with Gasteiger partial charge >= 0.3 is 5.97 Å². The van der Waals surface area contributed by atoms with Crippen molar-refractivity contribution in [2.45, 2.75) is 42.8 Å². The number of amides is 1. The Hall–Kier alpha value is -1.29. The van der Waals surface area contributed by atoms with Crippen LogP contribution in [0.25, 0.3) is 0 Å². The van der Waals surface area contributed by atoms with Crippen LogP contribution in [-0.2, 0) is 24.3 Å². The summed E-state index contributed by atoms with van der Waals surface area (Å²) in [6.07, 6.45) is 2.93. The number of hydrogen-bond acceptors (Lipinski definition) is 6. The van der Waals surface area contributed by atoms with Gasteiger partial charge in [-0.15, -0.1) is 11.8 Å². The maximum absolute atomic E-state index is 12.8. The summed E-state index contributed by atoms with van der Waals surface area (Å²) in [5.74, 6) is -0.207. The number of hydrogen-bond donors (Lipinski definition) is 1. The first-order valence-corrected chi connectivity index (χ1v) is 11.9. The summed E-state index contributed by atoms with van der Waals surface area (Å²) in [6, 6.07) is 4.33. The molecule has 1 aliphatic heterocycles. The second-order valence-corrected chi connectivity index (χ2v) is 10.2. The Morgan fingerprint density at radius 2 is 1.96 bits per heavy atom. The van der Waals surface area contributed by atoms with Crippen LogP contribution in [0, 0.1) is 0 Å². The zero-order chi connectivity index (χ0) is 20.7. The Bertz CT molecular complexity index is 810. The summed E-state index contributed by atoms with van der Waals surface area (Å²) in [6.45, 7) is 2.71. The Morgan fingerprint density at radius 1 is 1.29 bits per heavy atom. The Kier molecular flexibility index (Phi) is 8.60. The summed E-state index contributed by atoms with van der Waals surface area (Å²) in [4.78, 5) is 23.7. The van der Waals surface area contributed by atoms with Crippen molar-refractivity contribution in [2.75, 3.05) is 31.3 Å². The van der Waals surface area contributed by atoms with E-state index in [-0.39, 0.29) is 33.9 Å². The third kappa shape index (κ3) is 6.10. The molecule has 156 valence electrons. The molecular weight excluding hydrogens is 424 g/mol. The van der Waals surface area contributed by atoms with Gasteiger partial charge in [-0.05, 0) is 38.0 Å². The van der Waals surface area contributed by atoms with Crippen LogP contribution in [-0.4, -0.2) is 55.8 Å². The molecule has 28 heavy (non-hydrogen) atoms. The number of nitrogens with zero attached hydrogens (tertiary/aromatic N) is 1. The minimum atomic E-state index is -3.62. The standard InChI is InChI=1S/C18H25ClN2O5S2/c1-13(27-11-8-17(22)26-2)18(23)20-16-12-14(6-7-15(16)19)28(24,25)21-9-4-3-5-10-21/h6-7,12-13H,3-5,8-11H2,1-2H3,(H,20,23). The molecule has 10 heteroatoms. The minimum absolute atomic E-state index is 0.111. The third-order valence-corrected chi connectivity index (χ3v) is 7.80. The number of thioether (sulfide) groups is 1. The van der Waals surface area contributed by atoms with E-state index >= 15 is 0 Å². The molecule has 1 aromatic carbocycles. The molecule has 1 saturated heterocycles. The second kappa shape index (κ2) is 10.5. The van der Waals surface area contributed by atoms with E-state index in [1.807, 2.05) is 0 Å². The predicted molar refractivity (Wildman–Crippen MR) is 111 cm³/mol. The molecular formula is C18H25ClN2O5S2. The van der Waals surface area contributed by atoms with Gasteiger partial charge in [0, 0.05) is 18.8 Å². The van der Waals surface area contributed by atoms with E-state index < -0.39 is 15.3 Å². The molecule has 1 fully saturated rings. The van der Waals surface area contributed by atoms with Gasteiger partial charge in [-0.3, -0.25) is 9.59 Å². The van der Waals surface area contributed by atoms with Crippen LogP contribution in [0.4, 0.5) is 5.69 Å². The topological polar surface area (TPSA) is 92.8 Å². The largest absolute Gasteiger partial charge is 0.469 e. The van der Waals surface area contributed by atoms with Gasteiger partial charge in [0.2, 0.25) is 15.9 Å². The van der Waals surface area contributed by atoms with Crippen molar-refractivity contribution in [2.24, 2.45) is 0 Å². The lowest BCUT2D eigenvalue weighted by Crippen LogP contribution is -2.35. The predicted octanol–water partition coefficient (Wildman–Crippen LogP) is 3.14. The zero-order valence-corrected chi connectivity index (χ0v) is 18.3. The number of benzene rings is 1. The van der Waals surface area contributed by atoms with Crippen LogP contribution in [0.3, 0.4) is 0 Å². The number of sulfonamides is 1. The van der Waals surface area contributed by atoms with Crippen molar-refractivity contribution in [1.82, 2.24) is 4.31 Å². The normalized spacial score (nSPS) is 16.4. The van der Waals surface area contributed by atoms with Crippen molar-refractivity contribution in [3.8, 4) is 0 Å². The first-order chi connectivity index (χ1) is 13.3. The SMILES string of the molecule is COC(=O)CCSC(C)C(=O)Nc1cc(S(=O)(=O)N2CCCCC2)ccc1Cl. The van der Waals surface area contributed by atoms with E-state index in [9.17, 15) is 18.0 Å². The lowest BCUT2D eigenvalue weighted by molar-refractivity contribution is -0.140. The van der Waals surface area contributed by atoms with E-state index in [2.05, 4.69) is 10.1 Å². The van der Waals surface area contributed by atoms with Crippen LogP contribution in [0.5, 0.6) is 0 Å². The van der Waals surface area contributed by atoms with Crippen molar-refractivity contribution < 1.29 is 22.7 Å². The molecule has 1 aromatic rings. The fourth-order valence-electron chi connectivity index (χ4n) is 2.75. The molecule has 0 bridgehead atoms. The van der Waals surface area contributed by atoms with Gasteiger partial charge in [0.05, 0.1) is 34.4 Å². The molecule has 1 aliphatic rings. The molecule has 2 rings (SSSR count). The number of piperidine rings is 1. The van der Waals surface area contributed by atoms with Gasteiger partial charge < -0.3 is 10.1 Å². The summed E-state index contributed by atoms with van der Waals surface area (Å²) in [5.41, 5.74) is 0.255. The highest BCUT2D eigenvalue weighted by atomic mass is 35.5. The smallest absolute Gasteiger partial charge is 0.306 e. The average Bonchev–Trinajstić information content (AvgIpc) is 2.69. The van der Waals surface area contributed by atoms with E-state index in [0.29, 0.717) is 18.8 Å². The number of methoxy groups -OCH3 is 1. The molecule has 1 N–H and O–H groups in total. The molecule has 1 unspecified atom stereocenters. The summed E-state index contributed by atoms with van der Waals surface area (Å²) < 4.78 is 31.7. The van der Waals surface area contributed by atoms with Gasteiger partial charge in [0.25, 0.3) is 0 Å². The lowest BCUT2D eigenvalue weighted by Gasteiger charge is -2.26. The van der Waals surface area contributed by atoms with Crippen LogP contribution in [0.2, 0.25) is 5.02 Å². The maximum Gasteiger partial charge on any atom is 0.306 e. The number of nitrogens with one attached hydrogen (secondary N) is 1. The number of carbonyl (C=O) groups is 2. The summed E-state index contributed by atoms with van der Waals surface area (Å²) in [7, 11) is -2.30. The maximum atomic E-state index is 12.8. The van der Waals surface area contributed by atoms with Gasteiger partial charge in [0.15, 0.2) is 0 Å². The monoisotopic (exact) mass is 448 g/mol. The number of rotatable bonds is 8. The molecule has 0 saturated carbocycles. The van der Waals surface area contributed by atoms with Gasteiger partial charge in [0.1, 0.15) is 0 Å². The van der Waals surface area contributed by atoms with E-state index in [4.69, 9.17) is 11.6 Å². The number of anilines is 1. The first-order valence-electron chi connectivity index (χ1n) is 9.04. The summed E-state index contributed by atoms with van der Waals surface area (Å²) in [5, 5.41) is 2.51. The van der Waals surface area contributed by atoms with Gasteiger partial charge in [-0.1, -0.05) is 18.0 Å². The number of ether oxygens (including phenoxy) is 1. The van der Waals surface area contributed by atoms with Crippen LogP contribution >= 0.6 is 23.4 Å². The van der Waals surface area contributed by atoms with Crippen LogP contribution < -0.4 is 5.32 Å². The lowest BCUT2D eigenvalue weighted by atomic mass is 10.2. The molecule has 0 aliphatic carbocycles. The van der Waals surface area contributed by atoms with E-state index in [1.165, 1.54) is 41.4 Å². The Morgan fingerprint density at radius 3 is 2.61 bits per heavy atom. The van der Waals surface area contributed by atoms with Gasteiger partial charge in [-0.2, -0.15) is 4.31 Å². The fourth-order valence-corrected chi connectivity index (χ4v) is 5.30. The molecule has 7 nitrogen and oxygen atoms in total. The zero-order valence-electron chi connectivity index (χ0n) is 15.9. The van der Waals surface area contributed by atoms with Crippen molar-refractivity contribution in [3.63, 3.8) is 0 Å². The van der Waals surface area contributed by atoms with Crippen molar-refractivity contribution in [1.29, 1.82) is 0 Å². The minimum Gasteiger partial charge on any atom is -0.469 e.